The molecular formula is C12H17BrN2O2. The average molecular weight is 301 g/mol. The molecule has 1 aromatic carbocycles. The number of carbonyl (C=O) groups is 1. The highest BCUT2D eigenvalue weighted by Crippen LogP contribution is 2.16. The summed E-state index contributed by atoms with van der Waals surface area (Å²) in [4.78, 5) is 11.3. The van der Waals surface area contributed by atoms with Crippen LogP contribution in [-0.4, -0.2) is 31.6 Å². The SMILES string of the molecule is Cc1ccc(Br)cc1COCC(=O)NN(C)C. The molecule has 0 saturated carbocycles. The van der Waals surface area contributed by atoms with E-state index in [2.05, 4.69) is 21.4 Å². The minimum Gasteiger partial charge on any atom is -0.367 e. The van der Waals surface area contributed by atoms with Crippen LogP contribution in [0.2, 0.25) is 0 Å². The molecule has 17 heavy (non-hydrogen) atoms. The molecule has 0 radical (unpaired) electrons. The predicted molar refractivity (Wildman–Crippen MR) is 70.4 cm³/mol. The highest BCUT2D eigenvalue weighted by atomic mass is 79.9. The summed E-state index contributed by atoms with van der Waals surface area (Å²) in [5.74, 6) is -0.150. The van der Waals surface area contributed by atoms with E-state index in [4.69, 9.17) is 4.74 Å². The molecule has 0 fully saturated rings. The monoisotopic (exact) mass is 300 g/mol. The second-order valence-electron chi connectivity index (χ2n) is 3.99. The number of ether oxygens (including phenoxy) is 1. The zero-order valence-corrected chi connectivity index (χ0v) is 11.9. The van der Waals surface area contributed by atoms with Crippen LogP contribution in [0.4, 0.5) is 0 Å². The van der Waals surface area contributed by atoms with Crippen molar-refractivity contribution < 1.29 is 9.53 Å². The van der Waals surface area contributed by atoms with E-state index in [-0.39, 0.29) is 12.5 Å². The number of carbonyl (C=O) groups excluding carboxylic acids is 1. The van der Waals surface area contributed by atoms with E-state index in [1.165, 1.54) is 0 Å². The maximum atomic E-state index is 11.3. The van der Waals surface area contributed by atoms with Crippen LogP contribution in [0.25, 0.3) is 0 Å². The van der Waals surface area contributed by atoms with E-state index in [0.29, 0.717) is 6.61 Å². The molecule has 4 nitrogen and oxygen atoms in total. The number of benzene rings is 1. The van der Waals surface area contributed by atoms with Gasteiger partial charge in [0.25, 0.3) is 5.91 Å². The number of nitrogens with zero attached hydrogens (tertiary/aromatic N) is 1. The Hall–Kier alpha value is -0.910. The number of hydrogen-bond acceptors (Lipinski definition) is 3. The first-order valence-electron chi connectivity index (χ1n) is 5.28. The van der Waals surface area contributed by atoms with Gasteiger partial charge < -0.3 is 4.74 Å². The number of hydrogen-bond donors (Lipinski definition) is 1. The summed E-state index contributed by atoms with van der Waals surface area (Å²) in [5, 5.41) is 1.59. The lowest BCUT2D eigenvalue weighted by molar-refractivity contribution is -0.129. The Morgan fingerprint density at radius 2 is 2.18 bits per heavy atom. The van der Waals surface area contributed by atoms with E-state index in [0.717, 1.165) is 15.6 Å². The van der Waals surface area contributed by atoms with E-state index in [9.17, 15) is 4.79 Å². The molecule has 94 valence electrons. The van der Waals surface area contributed by atoms with Crippen molar-refractivity contribution in [1.82, 2.24) is 10.4 Å². The Morgan fingerprint density at radius 3 is 2.82 bits per heavy atom. The van der Waals surface area contributed by atoms with Gasteiger partial charge in [-0.05, 0) is 30.2 Å². The van der Waals surface area contributed by atoms with Crippen LogP contribution < -0.4 is 5.43 Å². The van der Waals surface area contributed by atoms with Crippen molar-refractivity contribution in [3.63, 3.8) is 0 Å². The molecule has 1 N–H and O–H groups in total. The Bertz CT molecular complexity index is 394. The lowest BCUT2D eigenvalue weighted by Gasteiger charge is -2.12. The fraction of sp³-hybridized carbons (Fsp3) is 0.417. The Balaban J connectivity index is 2.40. The van der Waals surface area contributed by atoms with Crippen LogP contribution in [0.5, 0.6) is 0 Å². The van der Waals surface area contributed by atoms with Gasteiger partial charge in [0.05, 0.1) is 6.61 Å². The summed E-state index contributed by atoms with van der Waals surface area (Å²) < 4.78 is 6.37. The van der Waals surface area contributed by atoms with Crippen molar-refractivity contribution in [3.05, 3.63) is 33.8 Å². The first kappa shape index (κ1) is 14.2. The second-order valence-corrected chi connectivity index (χ2v) is 4.91. The van der Waals surface area contributed by atoms with Crippen LogP contribution in [0.15, 0.2) is 22.7 Å². The molecule has 0 saturated heterocycles. The quantitative estimate of drug-likeness (QED) is 0.844. The van der Waals surface area contributed by atoms with Crippen molar-refractivity contribution >= 4 is 21.8 Å². The summed E-state index contributed by atoms with van der Waals surface area (Å²) in [6.45, 7) is 2.52. The molecule has 0 aliphatic heterocycles. The minimum absolute atomic E-state index is 0.0597. The van der Waals surface area contributed by atoms with E-state index in [1.54, 1.807) is 19.1 Å². The van der Waals surface area contributed by atoms with Crippen molar-refractivity contribution in [2.45, 2.75) is 13.5 Å². The van der Waals surface area contributed by atoms with Gasteiger partial charge in [-0.3, -0.25) is 10.2 Å². The lowest BCUT2D eigenvalue weighted by Crippen LogP contribution is -2.38. The van der Waals surface area contributed by atoms with Gasteiger partial charge in [-0.15, -0.1) is 0 Å². The standard InChI is InChI=1S/C12H17BrN2O2/c1-9-4-5-11(13)6-10(9)7-17-8-12(16)14-15(2)3/h4-6H,7-8H2,1-3H3,(H,14,16). The number of hydrazine groups is 1. The fourth-order valence-corrected chi connectivity index (χ4v) is 1.74. The Kier molecular flexibility index (Phi) is 5.61. The Labute approximate surface area is 110 Å². The molecule has 1 aromatic rings. The smallest absolute Gasteiger partial charge is 0.260 e. The number of aryl methyl sites for hydroxylation is 1. The van der Waals surface area contributed by atoms with Crippen molar-refractivity contribution in [2.24, 2.45) is 0 Å². The summed E-state index contributed by atoms with van der Waals surface area (Å²) >= 11 is 3.41. The zero-order valence-electron chi connectivity index (χ0n) is 10.3. The normalized spacial score (nSPS) is 10.6. The maximum Gasteiger partial charge on any atom is 0.260 e. The molecule has 0 bridgehead atoms. The summed E-state index contributed by atoms with van der Waals surface area (Å²) in [6, 6.07) is 6.00. The van der Waals surface area contributed by atoms with Gasteiger partial charge in [-0.1, -0.05) is 22.0 Å². The third-order valence-corrected chi connectivity index (χ3v) is 2.64. The van der Waals surface area contributed by atoms with Crippen molar-refractivity contribution in [3.8, 4) is 0 Å². The van der Waals surface area contributed by atoms with Crippen LogP contribution in [0.3, 0.4) is 0 Å². The Morgan fingerprint density at radius 1 is 1.47 bits per heavy atom. The molecule has 1 rings (SSSR count). The number of nitrogens with one attached hydrogen (secondary N) is 1. The fourth-order valence-electron chi connectivity index (χ4n) is 1.33. The summed E-state index contributed by atoms with van der Waals surface area (Å²) in [5.41, 5.74) is 4.85. The van der Waals surface area contributed by atoms with Crippen LogP contribution in [0, 0.1) is 6.92 Å². The van der Waals surface area contributed by atoms with Crippen molar-refractivity contribution in [1.29, 1.82) is 0 Å². The molecule has 1 amide bonds. The van der Waals surface area contributed by atoms with Crippen LogP contribution >= 0.6 is 15.9 Å². The van der Waals surface area contributed by atoms with Gasteiger partial charge in [0, 0.05) is 18.6 Å². The van der Waals surface area contributed by atoms with Gasteiger partial charge in [0.2, 0.25) is 0 Å². The third-order valence-electron chi connectivity index (χ3n) is 2.15. The van der Waals surface area contributed by atoms with Gasteiger partial charge in [-0.25, -0.2) is 5.01 Å². The van der Waals surface area contributed by atoms with E-state index < -0.39 is 0 Å². The second kappa shape index (κ2) is 6.74. The molecular weight excluding hydrogens is 284 g/mol. The molecule has 0 unspecified atom stereocenters. The van der Waals surface area contributed by atoms with Crippen molar-refractivity contribution in [2.75, 3.05) is 20.7 Å². The molecule has 0 aliphatic rings. The minimum atomic E-state index is -0.150. The highest BCUT2D eigenvalue weighted by molar-refractivity contribution is 9.10. The molecule has 0 aromatic heterocycles. The maximum absolute atomic E-state index is 11.3. The number of amides is 1. The molecule has 0 atom stereocenters. The largest absolute Gasteiger partial charge is 0.367 e. The van der Waals surface area contributed by atoms with E-state index in [1.807, 2.05) is 25.1 Å². The molecule has 5 heteroatoms. The molecule has 0 spiro atoms. The topological polar surface area (TPSA) is 41.6 Å². The van der Waals surface area contributed by atoms with E-state index >= 15 is 0 Å². The predicted octanol–water partition coefficient (Wildman–Crippen LogP) is 1.87. The number of rotatable bonds is 5. The lowest BCUT2D eigenvalue weighted by atomic mass is 10.1. The van der Waals surface area contributed by atoms with Gasteiger partial charge in [0.1, 0.15) is 6.61 Å². The van der Waals surface area contributed by atoms with Crippen LogP contribution in [0.1, 0.15) is 11.1 Å². The summed E-state index contributed by atoms with van der Waals surface area (Å²) in [6.07, 6.45) is 0. The first-order valence-corrected chi connectivity index (χ1v) is 6.08. The molecule has 0 aliphatic carbocycles. The molecule has 0 heterocycles. The average Bonchev–Trinajstić information content (AvgIpc) is 2.22. The number of halogens is 1. The first-order chi connectivity index (χ1) is 7.99. The third kappa shape index (κ3) is 5.30. The summed E-state index contributed by atoms with van der Waals surface area (Å²) in [7, 11) is 3.52. The van der Waals surface area contributed by atoms with Gasteiger partial charge in [0.15, 0.2) is 0 Å². The van der Waals surface area contributed by atoms with Crippen LogP contribution in [-0.2, 0) is 16.1 Å². The van der Waals surface area contributed by atoms with Gasteiger partial charge >= 0.3 is 0 Å². The zero-order chi connectivity index (χ0) is 12.8. The van der Waals surface area contributed by atoms with Gasteiger partial charge in [-0.2, -0.15) is 0 Å². The highest BCUT2D eigenvalue weighted by Gasteiger charge is 2.04.